The Morgan fingerprint density at radius 1 is 0.844 bits per heavy atom. The molecule has 7 unspecified atom stereocenters. The highest BCUT2D eigenvalue weighted by Gasteiger charge is 2.23. The maximum atomic E-state index is 4.19. The zero-order chi connectivity index (χ0) is 24.8. The van der Waals surface area contributed by atoms with Gasteiger partial charge in [0.05, 0.1) is 0 Å². The standard InChI is InChI=1S/C32H56/c1-13-24(5)20-26(7)22-28(9)31(12)30(11)27(8)19-17-15-16-18-25(6)21-29(10)32(14-2)23(3)4/h13,15-18,20,25,27-32H,3,14,19,21-22H2,1-2,4-12H3/b17-15-,18-16+,24-13+,26-20+. The van der Waals surface area contributed by atoms with Crippen molar-refractivity contribution in [3.8, 4) is 0 Å². The fourth-order valence-electron chi connectivity index (χ4n) is 5.17. The maximum Gasteiger partial charge on any atom is -0.0185 e. The van der Waals surface area contributed by atoms with Crippen molar-refractivity contribution in [1.82, 2.24) is 0 Å². The van der Waals surface area contributed by atoms with Gasteiger partial charge in [-0.05, 0) is 94.8 Å². The molecule has 32 heavy (non-hydrogen) atoms. The van der Waals surface area contributed by atoms with E-state index in [0.717, 1.165) is 18.3 Å². The van der Waals surface area contributed by atoms with E-state index in [1.54, 1.807) is 0 Å². The van der Waals surface area contributed by atoms with Crippen LogP contribution in [0.1, 0.15) is 102 Å². The SMILES string of the molecule is C=C(C)C(CC)C(C)CC(C)/C=C/C=C\CC(C)C(C)C(C)C(C)C/C(C)=C/C(C)=C/C. The highest BCUT2D eigenvalue weighted by Crippen LogP contribution is 2.32. The van der Waals surface area contributed by atoms with Gasteiger partial charge in [0, 0.05) is 0 Å². The normalized spacial score (nSPS) is 20.2. The first kappa shape index (κ1) is 30.7. The molecule has 0 fully saturated rings. The molecule has 0 nitrogen and oxygen atoms in total. The number of rotatable bonds is 15. The zero-order valence-electron chi connectivity index (χ0n) is 23.5. The molecule has 0 heterocycles. The molecule has 0 aliphatic rings. The molecule has 0 bridgehead atoms. The van der Waals surface area contributed by atoms with Crippen molar-refractivity contribution in [2.24, 2.45) is 41.4 Å². The minimum atomic E-state index is 0.614. The lowest BCUT2D eigenvalue weighted by atomic mass is 9.75. The quantitative estimate of drug-likeness (QED) is 0.175. The zero-order valence-corrected chi connectivity index (χ0v) is 23.5. The van der Waals surface area contributed by atoms with Crippen LogP contribution < -0.4 is 0 Å². The third kappa shape index (κ3) is 12.1. The molecule has 0 amide bonds. The van der Waals surface area contributed by atoms with E-state index in [-0.39, 0.29) is 0 Å². The Hall–Kier alpha value is -1.30. The van der Waals surface area contributed by atoms with Gasteiger partial charge in [-0.25, -0.2) is 0 Å². The molecule has 0 saturated heterocycles. The van der Waals surface area contributed by atoms with Crippen LogP contribution in [-0.4, -0.2) is 0 Å². The van der Waals surface area contributed by atoms with Crippen LogP contribution in [-0.2, 0) is 0 Å². The van der Waals surface area contributed by atoms with E-state index in [1.165, 1.54) is 36.0 Å². The van der Waals surface area contributed by atoms with Crippen molar-refractivity contribution in [2.45, 2.75) is 102 Å². The van der Waals surface area contributed by atoms with Crippen LogP contribution in [0.5, 0.6) is 0 Å². The second-order valence-corrected chi connectivity index (χ2v) is 11.0. The predicted molar refractivity (Wildman–Crippen MR) is 149 cm³/mol. The lowest BCUT2D eigenvalue weighted by Crippen LogP contribution is -2.22. The van der Waals surface area contributed by atoms with Crippen LogP contribution in [0.2, 0.25) is 0 Å². The number of hydrogen-bond donors (Lipinski definition) is 0. The summed E-state index contributed by atoms with van der Waals surface area (Å²) >= 11 is 0. The van der Waals surface area contributed by atoms with Gasteiger partial charge in [0.1, 0.15) is 0 Å². The minimum absolute atomic E-state index is 0.614. The molecule has 0 aliphatic heterocycles. The monoisotopic (exact) mass is 440 g/mol. The lowest BCUT2D eigenvalue weighted by molar-refractivity contribution is 0.212. The second-order valence-electron chi connectivity index (χ2n) is 11.0. The van der Waals surface area contributed by atoms with Gasteiger partial charge in [0.2, 0.25) is 0 Å². The van der Waals surface area contributed by atoms with Crippen molar-refractivity contribution in [2.75, 3.05) is 0 Å². The molecule has 0 aliphatic carbocycles. The smallest absolute Gasteiger partial charge is 0.0185 e. The van der Waals surface area contributed by atoms with Gasteiger partial charge in [-0.2, -0.15) is 0 Å². The topological polar surface area (TPSA) is 0 Å². The fraction of sp³-hybridized carbons (Fsp3) is 0.688. The minimum Gasteiger partial charge on any atom is -0.0999 e. The largest absolute Gasteiger partial charge is 0.0999 e. The summed E-state index contributed by atoms with van der Waals surface area (Å²) in [6.07, 6.45) is 18.6. The molecule has 0 aromatic rings. The van der Waals surface area contributed by atoms with Crippen LogP contribution in [0.15, 0.2) is 59.8 Å². The van der Waals surface area contributed by atoms with Gasteiger partial charge < -0.3 is 0 Å². The maximum absolute atomic E-state index is 4.19. The van der Waals surface area contributed by atoms with E-state index in [9.17, 15) is 0 Å². The van der Waals surface area contributed by atoms with E-state index in [0.29, 0.717) is 29.6 Å². The van der Waals surface area contributed by atoms with Crippen molar-refractivity contribution in [1.29, 1.82) is 0 Å². The Balaban J connectivity index is 4.59. The Kier molecular flexibility index (Phi) is 15.7. The first-order valence-electron chi connectivity index (χ1n) is 13.2. The van der Waals surface area contributed by atoms with Crippen LogP contribution in [0, 0.1) is 41.4 Å². The molecule has 0 rings (SSSR count). The summed E-state index contributed by atoms with van der Waals surface area (Å²) in [7, 11) is 0. The van der Waals surface area contributed by atoms with E-state index in [1.807, 2.05) is 0 Å². The first-order chi connectivity index (χ1) is 14.9. The van der Waals surface area contributed by atoms with Crippen molar-refractivity contribution >= 4 is 0 Å². The van der Waals surface area contributed by atoms with Gasteiger partial charge in [-0.1, -0.05) is 108 Å². The van der Waals surface area contributed by atoms with E-state index in [2.05, 4.69) is 119 Å². The fourth-order valence-corrected chi connectivity index (χ4v) is 5.17. The molecule has 0 aromatic heterocycles. The van der Waals surface area contributed by atoms with Crippen molar-refractivity contribution in [3.63, 3.8) is 0 Å². The van der Waals surface area contributed by atoms with Gasteiger partial charge in [-0.15, -0.1) is 0 Å². The average molecular weight is 441 g/mol. The molecule has 0 saturated carbocycles. The third-order valence-electron chi connectivity index (χ3n) is 7.90. The van der Waals surface area contributed by atoms with Crippen LogP contribution in [0.4, 0.5) is 0 Å². The summed E-state index contributed by atoms with van der Waals surface area (Å²) in [6, 6.07) is 0. The van der Waals surface area contributed by atoms with E-state index < -0.39 is 0 Å². The molecule has 0 spiro atoms. The lowest BCUT2D eigenvalue weighted by Gasteiger charge is -2.30. The molecule has 0 heteroatoms. The van der Waals surface area contributed by atoms with E-state index in [4.69, 9.17) is 0 Å². The highest BCUT2D eigenvalue weighted by molar-refractivity contribution is 5.20. The average Bonchev–Trinajstić information content (AvgIpc) is 2.71. The Morgan fingerprint density at radius 3 is 1.97 bits per heavy atom. The highest BCUT2D eigenvalue weighted by atomic mass is 14.3. The summed E-state index contributed by atoms with van der Waals surface area (Å²) in [5.41, 5.74) is 4.20. The summed E-state index contributed by atoms with van der Waals surface area (Å²) in [6.45, 7) is 29.7. The summed E-state index contributed by atoms with van der Waals surface area (Å²) in [5, 5.41) is 0. The van der Waals surface area contributed by atoms with Crippen molar-refractivity contribution in [3.05, 3.63) is 59.8 Å². The van der Waals surface area contributed by atoms with E-state index >= 15 is 0 Å². The molecule has 184 valence electrons. The summed E-state index contributed by atoms with van der Waals surface area (Å²) < 4.78 is 0. The number of hydrogen-bond acceptors (Lipinski definition) is 0. The summed E-state index contributed by atoms with van der Waals surface area (Å²) in [4.78, 5) is 0. The van der Waals surface area contributed by atoms with Crippen LogP contribution >= 0.6 is 0 Å². The van der Waals surface area contributed by atoms with Gasteiger partial charge in [-0.3, -0.25) is 0 Å². The molecule has 7 atom stereocenters. The molecule has 0 aromatic carbocycles. The summed E-state index contributed by atoms with van der Waals surface area (Å²) in [5.74, 6) is 4.84. The Labute approximate surface area is 203 Å². The predicted octanol–water partition coefficient (Wildman–Crippen LogP) is 10.6. The van der Waals surface area contributed by atoms with Gasteiger partial charge in [0.15, 0.2) is 0 Å². The second kappa shape index (κ2) is 16.3. The van der Waals surface area contributed by atoms with Crippen LogP contribution in [0.3, 0.4) is 0 Å². The van der Waals surface area contributed by atoms with Gasteiger partial charge in [0.25, 0.3) is 0 Å². The van der Waals surface area contributed by atoms with Crippen molar-refractivity contribution < 1.29 is 0 Å². The first-order valence-corrected chi connectivity index (χ1v) is 13.2. The molecule has 0 radical (unpaired) electrons. The van der Waals surface area contributed by atoms with Gasteiger partial charge >= 0.3 is 0 Å². The molecule has 0 N–H and O–H groups in total. The third-order valence-corrected chi connectivity index (χ3v) is 7.90. The van der Waals surface area contributed by atoms with Crippen LogP contribution in [0.25, 0.3) is 0 Å². The Bertz CT molecular complexity index is 641. The molecular weight excluding hydrogens is 384 g/mol. The Morgan fingerprint density at radius 2 is 1.44 bits per heavy atom. The number of allylic oxidation sites excluding steroid dienone is 9. The molecular formula is C32H56.